The Hall–Kier alpha value is -0.770. The fraction of sp³-hybridized carbons (Fsp3) is 0.647. The minimum atomic E-state index is 0.731. The molecule has 1 saturated carbocycles. The maximum absolute atomic E-state index is 6.44. The molecule has 21 heavy (non-hydrogen) atoms. The van der Waals surface area contributed by atoms with E-state index in [0.717, 1.165) is 56.0 Å². The van der Waals surface area contributed by atoms with Gasteiger partial charge in [-0.1, -0.05) is 24.1 Å². The molecule has 0 aromatic heterocycles. The molecule has 3 rings (SSSR count). The lowest BCUT2D eigenvalue weighted by Crippen LogP contribution is -2.42. The lowest BCUT2D eigenvalue weighted by atomic mass is 9.86. The average molecular weight is 309 g/mol. The number of aryl methyl sites for hydroxylation is 1. The Morgan fingerprint density at radius 3 is 2.71 bits per heavy atom. The zero-order valence-electron chi connectivity index (χ0n) is 12.8. The minimum Gasteiger partial charge on any atom is -0.491 e. The maximum Gasteiger partial charge on any atom is 0.142 e. The quantitative estimate of drug-likeness (QED) is 0.904. The molecule has 2 aliphatic rings. The number of nitrogens with zero attached hydrogens (tertiary/aromatic N) is 1. The summed E-state index contributed by atoms with van der Waals surface area (Å²) in [6.45, 7) is 8.17. The van der Waals surface area contributed by atoms with E-state index in [4.69, 9.17) is 16.3 Å². The van der Waals surface area contributed by atoms with Gasteiger partial charge in [-0.3, -0.25) is 4.90 Å². The molecule has 1 N–H and O–H groups in total. The number of nitrogens with one attached hydrogen (secondary N) is 1. The van der Waals surface area contributed by atoms with Crippen LogP contribution in [0.4, 0.5) is 0 Å². The van der Waals surface area contributed by atoms with E-state index in [9.17, 15) is 0 Å². The van der Waals surface area contributed by atoms with E-state index in [0.29, 0.717) is 0 Å². The number of halogens is 1. The van der Waals surface area contributed by atoms with Gasteiger partial charge in [-0.2, -0.15) is 0 Å². The van der Waals surface area contributed by atoms with Gasteiger partial charge in [-0.15, -0.1) is 0 Å². The highest BCUT2D eigenvalue weighted by Gasteiger charge is 2.20. The van der Waals surface area contributed by atoms with Gasteiger partial charge in [0.15, 0.2) is 0 Å². The van der Waals surface area contributed by atoms with Crippen molar-refractivity contribution >= 4 is 11.6 Å². The normalized spacial score (nSPS) is 20.3. The van der Waals surface area contributed by atoms with Crippen LogP contribution in [0.15, 0.2) is 12.1 Å². The smallest absolute Gasteiger partial charge is 0.142 e. The third kappa shape index (κ3) is 3.91. The summed E-state index contributed by atoms with van der Waals surface area (Å²) in [6.07, 6.45) is 3.95. The molecular weight excluding hydrogens is 284 g/mol. The first-order valence-electron chi connectivity index (χ1n) is 8.07. The van der Waals surface area contributed by atoms with Crippen LogP contribution >= 0.6 is 11.6 Å². The Morgan fingerprint density at radius 2 is 2.05 bits per heavy atom. The summed E-state index contributed by atoms with van der Waals surface area (Å²) < 4.78 is 6.09. The van der Waals surface area contributed by atoms with E-state index < -0.39 is 0 Å². The van der Waals surface area contributed by atoms with E-state index in [1.165, 1.54) is 30.4 Å². The Morgan fingerprint density at radius 1 is 1.29 bits per heavy atom. The third-order valence-corrected chi connectivity index (χ3v) is 4.84. The van der Waals surface area contributed by atoms with Crippen LogP contribution in [0.25, 0.3) is 0 Å². The fourth-order valence-corrected chi connectivity index (χ4v) is 3.40. The van der Waals surface area contributed by atoms with Gasteiger partial charge in [0.2, 0.25) is 0 Å². The molecule has 1 aliphatic carbocycles. The van der Waals surface area contributed by atoms with Crippen LogP contribution in [0.3, 0.4) is 0 Å². The monoisotopic (exact) mass is 308 g/mol. The molecule has 1 heterocycles. The Balaban J connectivity index is 1.72. The Bertz CT molecular complexity index is 482. The lowest BCUT2D eigenvalue weighted by molar-refractivity contribution is 0.175. The highest BCUT2D eigenvalue weighted by molar-refractivity contribution is 6.32. The number of ether oxygens (including phenoxy) is 1. The zero-order valence-corrected chi connectivity index (χ0v) is 13.6. The lowest BCUT2D eigenvalue weighted by Gasteiger charge is -2.29. The van der Waals surface area contributed by atoms with E-state index in [1.807, 2.05) is 6.07 Å². The summed E-state index contributed by atoms with van der Waals surface area (Å²) in [7, 11) is 0. The van der Waals surface area contributed by atoms with Crippen LogP contribution in [0.5, 0.6) is 5.75 Å². The summed E-state index contributed by atoms with van der Waals surface area (Å²) in [6, 6.07) is 4.24. The highest BCUT2D eigenvalue weighted by atomic mass is 35.5. The molecule has 1 aliphatic heterocycles. The second-order valence-electron chi connectivity index (χ2n) is 6.37. The molecule has 3 nitrogen and oxygen atoms in total. The van der Waals surface area contributed by atoms with Crippen molar-refractivity contribution in [2.24, 2.45) is 5.92 Å². The largest absolute Gasteiger partial charge is 0.491 e. The van der Waals surface area contributed by atoms with Crippen molar-refractivity contribution in [1.82, 2.24) is 10.2 Å². The van der Waals surface area contributed by atoms with Gasteiger partial charge in [0.25, 0.3) is 0 Å². The van der Waals surface area contributed by atoms with E-state index in [1.54, 1.807) is 0 Å². The van der Waals surface area contributed by atoms with Gasteiger partial charge in [-0.05, 0) is 37.3 Å². The second kappa shape index (κ2) is 6.99. The van der Waals surface area contributed by atoms with Crippen LogP contribution in [0, 0.1) is 12.8 Å². The fourth-order valence-electron chi connectivity index (χ4n) is 3.05. The van der Waals surface area contributed by atoms with E-state index >= 15 is 0 Å². The SMILES string of the molecule is Cc1cc(Cl)c(OCC2CCC2)c(CN2CCNCC2)c1. The van der Waals surface area contributed by atoms with Crippen molar-refractivity contribution in [2.75, 3.05) is 32.8 Å². The molecule has 0 unspecified atom stereocenters. The summed E-state index contributed by atoms with van der Waals surface area (Å²) >= 11 is 6.44. The minimum absolute atomic E-state index is 0.731. The van der Waals surface area contributed by atoms with Crippen molar-refractivity contribution in [3.8, 4) is 5.75 Å². The van der Waals surface area contributed by atoms with Gasteiger partial charge in [-0.25, -0.2) is 0 Å². The average Bonchev–Trinajstić information content (AvgIpc) is 2.41. The Labute approximate surface area is 132 Å². The molecule has 1 saturated heterocycles. The summed E-state index contributed by atoms with van der Waals surface area (Å²) in [4.78, 5) is 2.47. The van der Waals surface area contributed by atoms with Crippen molar-refractivity contribution in [1.29, 1.82) is 0 Å². The second-order valence-corrected chi connectivity index (χ2v) is 6.78. The van der Waals surface area contributed by atoms with Gasteiger partial charge < -0.3 is 10.1 Å². The Kier molecular flexibility index (Phi) is 5.04. The van der Waals surface area contributed by atoms with Crippen molar-refractivity contribution in [2.45, 2.75) is 32.7 Å². The molecular formula is C17H25ClN2O. The molecule has 0 atom stereocenters. The summed E-state index contributed by atoms with van der Waals surface area (Å²) in [5.41, 5.74) is 2.45. The van der Waals surface area contributed by atoms with Crippen LogP contribution in [0.1, 0.15) is 30.4 Å². The molecule has 0 radical (unpaired) electrons. The number of benzene rings is 1. The first-order valence-corrected chi connectivity index (χ1v) is 8.45. The number of hydrogen-bond acceptors (Lipinski definition) is 3. The highest BCUT2D eigenvalue weighted by Crippen LogP contribution is 2.34. The van der Waals surface area contributed by atoms with E-state index in [2.05, 4.69) is 23.2 Å². The van der Waals surface area contributed by atoms with Crippen LogP contribution in [-0.4, -0.2) is 37.7 Å². The first-order chi connectivity index (χ1) is 10.2. The molecule has 0 bridgehead atoms. The van der Waals surface area contributed by atoms with Gasteiger partial charge in [0.1, 0.15) is 5.75 Å². The van der Waals surface area contributed by atoms with Crippen molar-refractivity contribution < 1.29 is 4.74 Å². The van der Waals surface area contributed by atoms with Crippen molar-refractivity contribution in [3.05, 3.63) is 28.3 Å². The van der Waals surface area contributed by atoms with Crippen molar-refractivity contribution in [3.63, 3.8) is 0 Å². The van der Waals surface area contributed by atoms with Gasteiger partial charge >= 0.3 is 0 Å². The molecule has 0 amide bonds. The molecule has 1 aromatic carbocycles. The molecule has 2 fully saturated rings. The number of hydrogen-bond donors (Lipinski definition) is 1. The predicted molar refractivity (Wildman–Crippen MR) is 87.2 cm³/mol. The summed E-state index contributed by atoms with van der Waals surface area (Å²) in [5.74, 6) is 1.64. The van der Waals surface area contributed by atoms with Crippen LogP contribution in [-0.2, 0) is 6.54 Å². The molecule has 116 valence electrons. The standard InChI is InChI=1S/C17H25ClN2O/c1-13-9-15(11-20-7-5-19-6-8-20)17(16(18)10-13)21-12-14-3-2-4-14/h9-10,14,19H,2-8,11-12H2,1H3. The molecule has 1 aromatic rings. The van der Waals surface area contributed by atoms with Gasteiger partial charge in [0.05, 0.1) is 11.6 Å². The molecule has 4 heteroatoms. The van der Waals surface area contributed by atoms with Crippen LogP contribution in [0.2, 0.25) is 5.02 Å². The number of rotatable bonds is 5. The van der Waals surface area contributed by atoms with E-state index in [-0.39, 0.29) is 0 Å². The topological polar surface area (TPSA) is 24.5 Å². The number of piperazine rings is 1. The first kappa shape index (κ1) is 15.1. The summed E-state index contributed by atoms with van der Waals surface area (Å²) in [5, 5.41) is 4.16. The molecule has 0 spiro atoms. The zero-order chi connectivity index (χ0) is 14.7. The van der Waals surface area contributed by atoms with Crippen LogP contribution < -0.4 is 10.1 Å². The predicted octanol–water partition coefficient (Wildman–Crippen LogP) is 3.23. The third-order valence-electron chi connectivity index (χ3n) is 4.56. The van der Waals surface area contributed by atoms with Gasteiger partial charge in [0, 0.05) is 38.3 Å². The maximum atomic E-state index is 6.44.